The molecular formula is C37H58N8O13. The monoisotopic (exact) mass is 822 g/mol. The summed E-state index contributed by atoms with van der Waals surface area (Å²) in [5.41, 5.74) is 6.38. The van der Waals surface area contributed by atoms with Crippen molar-refractivity contribution in [3.05, 3.63) is 35.9 Å². The highest BCUT2D eigenvalue weighted by Gasteiger charge is 2.30. The van der Waals surface area contributed by atoms with Gasteiger partial charge in [-0.05, 0) is 50.6 Å². The Morgan fingerprint density at radius 3 is 1.59 bits per heavy atom. The van der Waals surface area contributed by atoms with Crippen LogP contribution in [0.5, 0.6) is 0 Å². The SMILES string of the molecule is NCCCC[C@@H](NC(=O)[C@@H](CCc1ccccc1)NC(=O)CNC(=O)CCC(C(=O)O)N1CCN(CC(=O)O)CCN(CC(=O)O)CCN(CC(=O)O)CC1)C(=O)O. The molecule has 21 nitrogen and oxygen atoms in total. The molecule has 0 saturated carbocycles. The molecule has 10 N–H and O–H groups in total. The molecule has 0 radical (unpaired) electrons. The van der Waals surface area contributed by atoms with E-state index in [4.69, 9.17) is 5.73 Å². The third kappa shape index (κ3) is 20.3. The molecule has 21 heteroatoms. The lowest BCUT2D eigenvalue weighted by Crippen LogP contribution is -2.53. The third-order valence-corrected chi connectivity index (χ3v) is 9.54. The van der Waals surface area contributed by atoms with Crippen LogP contribution in [-0.2, 0) is 44.8 Å². The number of benzene rings is 1. The minimum atomic E-state index is -1.28. The van der Waals surface area contributed by atoms with E-state index in [0.29, 0.717) is 25.8 Å². The van der Waals surface area contributed by atoms with Gasteiger partial charge in [0.1, 0.15) is 18.1 Å². The van der Waals surface area contributed by atoms with E-state index >= 15 is 0 Å². The maximum Gasteiger partial charge on any atom is 0.326 e. The van der Waals surface area contributed by atoms with Gasteiger partial charge in [-0.3, -0.25) is 53.2 Å². The number of nitrogens with two attached hydrogens (primary N) is 1. The maximum atomic E-state index is 13.2. The molecule has 0 aromatic heterocycles. The van der Waals surface area contributed by atoms with E-state index in [9.17, 15) is 63.9 Å². The molecule has 3 amide bonds. The van der Waals surface area contributed by atoms with Gasteiger partial charge in [0.25, 0.3) is 0 Å². The average molecular weight is 823 g/mol. The first-order valence-electron chi connectivity index (χ1n) is 19.2. The Bertz CT molecular complexity index is 1490. The van der Waals surface area contributed by atoms with Crippen LogP contribution < -0.4 is 21.7 Å². The number of unbranched alkanes of at least 4 members (excludes halogenated alkanes) is 1. The van der Waals surface area contributed by atoms with Crippen LogP contribution in [0.25, 0.3) is 0 Å². The number of nitrogens with one attached hydrogen (secondary N) is 3. The van der Waals surface area contributed by atoms with Crippen LogP contribution >= 0.6 is 0 Å². The van der Waals surface area contributed by atoms with Gasteiger partial charge >= 0.3 is 29.8 Å². The van der Waals surface area contributed by atoms with Gasteiger partial charge in [0.15, 0.2) is 0 Å². The summed E-state index contributed by atoms with van der Waals surface area (Å²) in [6, 6.07) is 5.50. The van der Waals surface area contributed by atoms with Gasteiger partial charge in [0.2, 0.25) is 17.7 Å². The number of hydrogen-bond donors (Lipinski definition) is 9. The molecule has 1 aliphatic rings. The minimum Gasteiger partial charge on any atom is -0.480 e. The van der Waals surface area contributed by atoms with Crippen molar-refractivity contribution < 1.29 is 63.9 Å². The fraction of sp³-hybridized carbons (Fsp3) is 0.622. The molecule has 324 valence electrons. The molecule has 58 heavy (non-hydrogen) atoms. The van der Waals surface area contributed by atoms with Crippen LogP contribution in [0.2, 0.25) is 0 Å². The second-order valence-corrected chi connectivity index (χ2v) is 14.0. The number of hydrogen-bond acceptors (Lipinski definition) is 13. The number of carboxylic acid groups (broad SMARTS) is 5. The largest absolute Gasteiger partial charge is 0.480 e. The predicted octanol–water partition coefficient (Wildman–Crippen LogP) is -2.37. The molecule has 1 aromatic carbocycles. The lowest BCUT2D eigenvalue weighted by Gasteiger charge is -2.35. The summed E-state index contributed by atoms with van der Waals surface area (Å²) < 4.78 is 0. The quantitative estimate of drug-likeness (QED) is 0.0492. The first-order chi connectivity index (χ1) is 27.6. The van der Waals surface area contributed by atoms with Gasteiger partial charge in [0.05, 0.1) is 26.2 Å². The predicted molar refractivity (Wildman–Crippen MR) is 207 cm³/mol. The van der Waals surface area contributed by atoms with Gasteiger partial charge in [0, 0.05) is 58.8 Å². The summed E-state index contributed by atoms with van der Waals surface area (Å²) in [6.07, 6.45) is 1.08. The van der Waals surface area contributed by atoms with Crippen molar-refractivity contribution in [2.24, 2.45) is 5.73 Å². The van der Waals surface area contributed by atoms with Crippen molar-refractivity contribution in [3.63, 3.8) is 0 Å². The summed E-state index contributed by atoms with van der Waals surface area (Å²) in [4.78, 5) is 104. The molecule has 2 rings (SSSR count). The van der Waals surface area contributed by atoms with E-state index in [-0.39, 0.29) is 84.6 Å². The fourth-order valence-corrected chi connectivity index (χ4v) is 6.40. The number of carboxylic acids is 5. The highest BCUT2D eigenvalue weighted by Crippen LogP contribution is 2.12. The molecule has 1 unspecified atom stereocenters. The van der Waals surface area contributed by atoms with Gasteiger partial charge in [-0.1, -0.05) is 30.3 Å². The van der Waals surface area contributed by atoms with Crippen molar-refractivity contribution in [1.29, 1.82) is 0 Å². The highest BCUT2D eigenvalue weighted by atomic mass is 16.4. The van der Waals surface area contributed by atoms with Crippen molar-refractivity contribution in [3.8, 4) is 0 Å². The Balaban J connectivity index is 2.12. The van der Waals surface area contributed by atoms with Crippen LogP contribution in [0.15, 0.2) is 30.3 Å². The summed E-state index contributed by atoms with van der Waals surface area (Å²) in [5, 5.41) is 55.7. The first kappa shape index (κ1) is 48.9. The van der Waals surface area contributed by atoms with Crippen molar-refractivity contribution in [2.45, 2.75) is 63.1 Å². The number of aliphatic carboxylic acids is 5. The average Bonchev–Trinajstić information content (AvgIpc) is 3.15. The van der Waals surface area contributed by atoms with E-state index in [2.05, 4.69) is 16.0 Å². The molecular weight excluding hydrogens is 764 g/mol. The maximum absolute atomic E-state index is 13.2. The van der Waals surface area contributed by atoms with Crippen molar-refractivity contribution in [1.82, 2.24) is 35.6 Å². The molecule has 3 atom stereocenters. The van der Waals surface area contributed by atoms with Crippen molar-refractivity contribution >= 4 is 47.6 Å². The van der Waals surface area contributed by atoms with Gasteiger partial charge in [-0.15, -0.1) is 0 Å². The van der Waals surface area contributed by atoms with Gasteiger partial charge in [-0.2, -0.15) is 0 Å². The van der Waals surface area contributed by atoms with Gasteiger partial charge in [-0.25, -0.2) is 4.79 Å². The molecule has 1 heterocycles. The van der Waals surface area contributed by atoms with E-state index in [1.807, 2.05) is 30.3 Å². The Kier molecular flexibility index (Phi) is 22.5. The number of carbonyl (C=O) groups is 8. The summed E-state index contributed by atoms with van der Waals surface area (Å²) in [7, 11) is 0. The van der Waals surface area contributed by atoms with E-state index in [1.165, 1.54) is 4.90 Å². The fourth-order valence-electron chi connectivity index (χ4n) is 6.40. The van der Waals surface area contributed by atoms with Crippen LogP contribution in [0.3, 0.4) is 0 Å². The Labute approximate surface area is 336 Å². The van der Waals surface area contributed by atoms with E-state index in [1.54, 1.807) is 14.7 Å². The zero-order valence-electron chi connectivity index (χ0n) is 32.6. The number of aryl methyl sites for hydroxylation is 1. The smallest absolute Gasteiger partial charge is 0.326 e. The number of nitrogens with zero attached hydrogens (tertiary/aromatic N) is 4. The van der Waals surface area contributed by atoms with Crippen LogP contribution in [0, 0.1) is 0 Å². The zero-order valence-corrected chi connectivity index (χ0v) is 32.6. The Morgan fingerprint density at radius 2 is 1.12 bits per heavy atom. The molecule has 1 aliphatic heterocycles. The summed E-state index contributed by atoms with van der Waals surface area (Å²) in [6.45, 7) is -0.561. The highest BCUT2D eigenvalue weighted by molar-refractivity contribution is 5.92. The van der Waals surface area contributed by atoms with Crippen molar-refractivity contribution in [2.75, 3.05) is 85.1 Å². The first-order valence-corrected chi connectivity index (χ1v) is 19.2. The molecule has 1 saturated heterocycles. The Hall–Kier alpha value is -5.22. The molecule has 0 aliphatic carbocycles. The summed E-state index contributed by atoms with van der Waals surface area (Å²) in [5.74, 6) is -8.04. The topological polar surface area (TPSA) is 313 Å². The van der Waals surface area contributed by atoms with Crippen LogP contribution in [-0.4, -0.2) is 196 Å². The van der Waals surface area contributed by atoms with E-state index < -0.39 is 85.3 Å². The molecule has 0 bridgehead atoms. The minimum absolute atomic E-state index is 0.0241. The second-order valence-electron chi connectivity index (χ2n) is 14.0. The Morgan fingerprint density at radius 1 is 0.603 bits per heavy atom. The molecule has 1 fully saturated rings. The number of amides is 3. The molecule has 1 aromatic rings. The zero-order chi connectivity index (χ0) is 43.0. The molecule has 0 spiro atoms. The second kappa shape index (κ2) is 26.7. The lowest BCUT2D eigenvalue weighted by atomic mass is 10.0. The van der Waals surface area contributed by atoms with E-state index in [0.717, 1.165) is 5.56 Å². The van der Waals surface area contributed by atoms with Gasteiger partial charge < -0.3 is 47.2 Å². The van der Waals surface area contributed by atoms with Crippen LogP contribution in [0.1, 0.15) is 44.1 Å². The van der Waals surface area contributed by atoms with Crippen LogP contribution in [0.4, 0.5) is 0 Å². The standard InChI is InChI=1S/C37H58N8O13/c38-13-5-4-8-28(36(55)56)41-35(54)27(10-9-26-6-2-1-3-7-26)40-31(47)22-39-30(46)12-11-29(37(57)58)45-20-18-43(24-33(50)51)16-14-42(23-32(48)49)15-17-44(19-21-45)25-34(52)53/h1-3,6-7,27-29H,4-5,8-25,38H2,(H,39,46)(H,40,47)(H,41,54)(H,48,49)(H,50,51)(H,52,53)(H,55,56)(H,57,58)/t27-,28-,29?/m1/s1. The normalized spacial score (nSPS) is 16.7. The lowest BCUT2D eigenvalue weighted by molar-refractivity contribution is -0.145. The third-order valence-electron chi connectivity index (χ3n) is 9.54. The number of carbonyl (C=O) groups excluding carboxylic acids is 3. The number of rotatable bonds is 24. The summed E-state index contributed by atoms with van der Waals surface area (Å²) >= 11 is 0.